The molecule has 27 heavy (non-hydrogen) atoms. The van der Waals surface area contributed by atoms with Crippen LogP contribution in [0.4, 0.5) is 0 Å². The molecule has 0 aromatic rings. The standard InChI is InChI=1S/C14H28O5S8/c1-20-9-25-8-17-14(16)6-23-12-27-13-26-11-22-5-3-19-18-2-4-21-10-24-7-15/h15H,2-13H2,1H3. The van der Waals surface area contributed by atoms with Crippen molar-refractivity contribution in [3.8, 4) is 0 Å². The number of aliphatic hydroxyl groups is 1. The van der Waals surface area contributed by atoms with E-state index < -0.39 is 0 Å². The minimum atomic E-state index is -0.123. The quantitative estimate of drug-likeness (QED) is 0.0691. The van der Waals surface area contributed by atoms with Gasteiger partial charge in [-0.25, -0.2) is 9.78 Å². The van der Waals surface area contributed by atoms with E-state index in [2.05, 4.69) is 0 Å². The van der Waals surface area contributed by atoms with Crippen molar-refractivity contribution in [2.45, 2.75) is 0 Å². The van der Waals surface area contributed by atoms with Crippen molar-refractivity contribution >= 4 is 100 Å². The zero-order valence-electron chi connectivity index (χ0n) is 15.3. The van der Waals surface area contributed by atoms with E-state index in [4.69, 9.17) is 19.6 Å². The Bertz CT molecular complexity index is 317. The lowest BCUT2D eigenvalue weighted by Crippen LogP contribution is -2.07. The molecule has 0 unspecified atom stereocenters. The number of hydrogen-bond acceptors (Lipinski definition) is 13. The summed E-state index contributed by atoms with van der Waals surface area (Å²) in [6.07, 6.45) is 2.03. The highest BCUT2D eigenvalue weighted by atomic mass is 32.2. The van der Waals surface area contributed by atoms with Crippen LogP contribution >= 0.6 is 94.1 Å². The number of hydrogen-bond donors (Lipinski definition) is 1. The summed E-state index contributed by atoms with van der Waals surface area (Å²) in [5.41, 5.74) is 0. The summed E-state index contributed by atoms with van der Waals surface area (Å²) in [7, 11) is 0. The average molecular weight is 533 g/mol. The van der Waals surface area contributed by atoms with Crippen LogP contribution in [0.2, 0.25) is 0 Å². The van der Waals surface area contributed by atoms with Crippen LogP contribution in [0, 0.1) is 0 Å². The third kappa shape index (κ3) is 26.1. The molecule has 0 spiro atoms. The van der Waals surface area contributed by atoms with Gasteiger partial charge in [0.2, 0.25) is 0 Å². The van der Waals surface area contributed by atoms with Crippen LogP contribution in [0.1, 0.15) is 0 Å². The summed E-state index contributed by atoms with van der Waals surface area (Å²) in [5, 5.41) is 13.4. The fraction of sp³-hybridized carbons (Fsp3) is 0.929. The molecule has 5 nitrogen and oxygen atoms in total. The van der Waals surface area contributed by atoms with Crippen molar-refractivity contribution in [2.24, 2.45) is 0 Å². The normalized spacial score (nSPS) is 11.0. The molecule has 0 aliphatic carbocycles. The highest BCUT2D eigenvalue weighted by molar-refractivity contribution is 8.26. The lowest BCUT2D eigenvalue weighted by atomic mass is 10.8. The molecule has 0 saturated heterocycles. The molecular weight excluding hydrogens is 505 g/mol. The Labute approximate surface area is 197 Å². The smallest absolute Gasteiger partial charge is 0.316 e. The average Bonchev–Trinajstić information content (AvgIpc) is 2.67. The van der Waals surface area contributed by atoms with Gasteiger partial charge < -0.3 is 9.84 Å². The van der Waals surface area contributed by atoms with Crippen LogP contribution in [-0.4, -0.2) is 85.1 Å². The molecule has 13 heteroatoms. The highest BCUT2D eigenvalue weighted by Crippen LogP contribution is 2.21. The van der Waals surface area contributed by atoms with Crippen molar-refractivity contribution in [3.05, 3.63) is 0 Å². The lowest BCUT2D eigenvalue weighted by molar-refractivity contribution is -0.285. The second-order valence-corrected chi connectivity index (χ2v) is 14.0. The van der Waals surface area contributed by atoms with E-state index >= 15 is 0 Å². The summed E-state index contributed by atoms with van der Waals surface area (Å²) in [6, 6.07) is 0. The Morgan fingerprint density at radius 2 is 1.37 bits per heavy atom. The number of carbonyl (C=O) groups is 1. The van der Waals surface area contributed by atoms with Crippen molar-refractivity contribution < 1.29 is 24.4 Å². The molecule has 0 aliphatic heterocycles. The monoisotopic (exact) mass is 532 g/mol. The van der Waals surface area contributed by atoms with Crippen LogP contribution in [-0.2, 0) is 19.3 Å². The molecule has 0 bridgehead atoms. The molecule has 0 saturated carbocycles. The maximum absolute atomic E-state index is 11.5. The molecule has 1 N–H and O–H groups in total. The largest absolute Gasteiger partial charge is 0.454 e. The third-order valence-corrected chi connectivity index (χ3v) is 10.9. The van der Waals surface area contributed by atoms with Crippen molar-refractivity contribution in [2.75, 3.05) is 74.0 Å². The molecule has 0 fully saturated rings. The minimum absolute atomic E-state index is 0.123. The summed E-state index contributed by atoms with van der Waals surface area (Å²) in [4.78, 5) is 21.6. The van der Waals surface area contributed by atoms with Gasteiger partial charge >= 0.3 is 5.97 Å². The van der Waals surface area contributed by atoms with Crippen LogP contribution < -0.4 is 0 Å². The Morgan fingerprint density at radius 3 is 2.00 bits per heavy atom. The van der Waals surface area contributed by atoms with Gasteiger partial charge in [0.1, 0.15) is 5.94 Å². The molecule has 0 amide bonds. The van der Waals surface area contributed by atoms with E-state index in [1.165, 1.54) is 11.8 Å². The molecule has 0 aromatic heterocycles. The van der Waals surface area contributed by atoms with Crippen molar-refractivity contribution in [3.63, 3.8) is 0 Å². The first-order valence-corrected chi connectivity index (χ1v) is 17.3. The van der Waals surface area contributed by atoms with Crippen LogP contribution in [0.5, 0.6) is 0 Å². The number of thioether (sulfide) groups is 8. The number of aliphatic hydroxyl groups excluding tert-OH is 1. The van der Waals surface area contributed by atoms with E-state index in [0.29, 0.717) is 24.9 Å². The summed E-state index contributed by atoms with van der Waals surface area (Å²) in [5.74, 6) is 2.73. The Balaban J connectivity index is 3.07. The molecule has 0 aliphatic rings. The second kappa shape index (κ2) is 26.2. The van der Waals surface area contributed by atoms with Crippen LogP contribution in [0.25, 0.3) is 0 Å². The first-order valence-electron chi connectivity index (χ1n) is 7.85. The number of carbonyl (C=O) groups excluding carboxylic acids is 1. The highest BCUT2D eigenvalue weighted by Gasteiger charge is 2.03. The topological polar surface area (TPSA) is 65.0 Å². The maximum atomic E-state index is 11.5. The maximum Gasteiger partial charge on any atom is 0.316 e. The van der Waals surface area contributed by atoms with Crippen LogP contribution in [0.3, 0.4) is 0 Å². The summed E-state index contributed by atoms with van der Waals surface area (Å²) >= 11 is 13.7. The summed E-state index contributed by atoms with van der Waals surface area (Å²) < 4.78 is 5.11. The van der Waals surface area contributed by atoms with Crippen molar-refractivity contribution in [1.82, 2.24) is 0 Å². The Morgan fingerprint density at radius 1 is 0.778 bits per heavy atom. The molecule has 0 rings (SSSR count). The van der Waals surface area contributed by atoms with Gasteiger partial charge in [-0.2, -0.15) is 11.8 Å². The lowest BCUT2D eigenvalue weighted by Gasteiger charge is -2.05. The van der Waals surface area contributed by atoms with E-state index in [9.17, 15) is 4.79 Å². The first kappa shape index (κ1) is 29.1. The van der Waals surface area contributed by atoms with Gasteiger partial charge in [0.25, 0.3) is 0 Å². The van der Waals surface area contributed by atoms with Gasteiger partial charge in [0, 0.05) is 36.9 Å². The minimum Gasteiger partial charge on any atom is -0.454 e. The predicted molar refractivity (Wildman–Crippen MR) is 136 cm³/mol. The van der Waals surface area contributed by atoms with E-state index in [1.807, 2.05) is 41.5 Å². The second-order valence-electron chi connectivity index (χ2n) is 4.27. The van der Waals surface area contributed by atoms with E-state index in [-0.39, 0.29) is 11.9 Å². The molecule has 0 aromatic carbocycles. The van der Waals surface area contributed by atoms with E-state index in [1.54, 1.807) is 47.0 Å². The number of esters is 1. The third-order valence-electron chi connectivity index (χ3n) is 2.19. The molecule has 0 radical (unpaired) electrons. The number of ether oxygens (including phenoxy) is 1. The summed E-state index contributed by atoms with van der Waals surface area (Å²) in [6.45, 7) is 1.18. The Kier molecular flexibility index (Phi) is 28.3. The van der Waals surface area contributed by atoms with Crippen LogP contribution in [0.15, 0.2) is 0 Å². The molecule has 0 heterocycles. The van der Waals surface area contributed by atoms with Crippen molar-refractivity contribution in [1.29, 1.82) is 0 Å². The zero-order valence-corrected chi connectivity index (χ0v) is 21.9. The predicted octanol–water partition coefficient (Wildman–Crippen LogP) is 4.67. The molecular formula is C14H28O5S8. The fourth-order valence-electron chi connectivity index (χ4n) is 1.15. The Hall–Kier alpha value is 2.15. The molecule has 162 valence electrons. The first-order chi connectivity index (χ1) is 13.3. The molecule has 0 atom stereocenters. The van der Waals surface area contributed by atoms with Gasteiger partial charge in [-0.3, -0.25) is 4.79 Å². The fourth-order valence-corrected chi connectivity index (χ4v) is 8.16. The zero-order chi connectivity index (χ0) is 19.8. The van der Waals surface area contributed by atoms with Gasteiger partial charge in [0.05, 0.1) is 24.9 Å². The van der Waals surface area contributed by atoms with Gasteiger partial charge in [-0.15, -0.1) is 82.3 Å². The van der Waals surface area contributed by atoms with E-state index in [0.717, 1.165) is 36.9 Å². The van der Waals surface area contributed by atoms with Gasteiger partial charge in [-0.1, -0.05) is 0 Å². The van der Waals surface area contributed by atoms with Gasteiger partial charge in [-0.05, 0) is 6.26 Å². The SMILES string of the molecule is CSCSCOC(=O)CSCSCSCSCCOOCCSCSCO. The van der Waals surface area contributed by atoms with Gasteiger partial charge in [0.15, 0.2) is 0 Å². The number of rotatable bonds is 22.